The van der Waals surface area contributed by atoms with E-state index in [4.69, 9.17) is 0 Å². The number of H-pyrrole nitrogens is 1. The Labute approximate surface area is 168 Å². The number of fused-ring (bicyclic) bond motifs is 1. The summed E-state index contributed by atoms with van der Waals surface area (Å²) in [5, 5.41) is 0.930. The van der Waals surface area contributed by atoms with Gasteiger partial charge in [0.1, 0.15) is 10.6 Å². The zero-order chi connectivity index (χ0) is 19.7. The lowest BCUT2D eigenvalue weighted by molar-refractivity contribution is 0.102. The predicted molar refractivity (Wildman–Crippen MR) is 112 cm³/mol. The van der Waals surface area contributed by atoms with Gasteiger partial charge in [0.15, 0.2) is 10.9 Å². The molecule has 140 valence electrons. The second-order valence-electron chi connectivity index (χ2n) is 6.24. The Morgan fingerprint density at radius 3 is 2.71 bits per heavy atom. The number of rotatable bonds is 5. The van der Waals surface area contributed by atoms with Crippen LogP contribution in [0, 0.1) is 12.7 Å². The molecule has 0 bridgehead atoms. The van der Waals surface area contributed by atoms with Crippen LogP contribution in [0.15, 0.2) is 64.5 Å². The van der Waals surface area contributed by atoms with Gasteiger partial charge in [-0.2, -0.15) is 0 Å². The Hall–Kier alpha value is -2.77. The van der Waals surface area contributed by atoms with Gasteiger partial charge in [-0.3, -0.25) is 9.59 Å². The van der Waals surface area contributed by atoms with Crippen LogP contribution in [-0.4, -0.2) is 21.5 Å². The standard InChI is InChI=1S/C21H15FN2O2S2/c1-12-9-14(7-8-16(12)22)17(25)11-27-21-23-19(26)15-10-18(28-20(15)24-21)13-5-3-2-4-6-13/h2-10H,11H2,1H3,(H,23,24,26). The monoisotopic (exact) mass is 410 g/mol. The Kier molecular flexibility index (Phi) is 5.11. The van der Waals surface area contributed by atoms with E-state index in [0.717, 1.165) is 22.2 Å². The summed E-state index contributed by atoms with van der Waals surface area (Å²) in [4.78, 5) is 33.6. The zero-order valence-corrected chi connectivity index (χ0v) is 16.5. The largest absolute Gasteiger partial charge is 0.301 e. The first kappa shape index (κ1) is 18.6. The molecule has 0 amide bonds. The minimum Gasteiger partial charge on any atom is -0.301 e. The van der Waals surface area contributed by atoms with Crippen molar-refractivity contribution in [3.63, 3.8) is 0 Å². The molecule has 0 atom stereocenters. The van der Waals surface area contributed by atoms with Gasteiger partial charge in [-0.1, -0.05) is 42.1 Å². The number of ketones is 1. The van der Waals surface area contributed by atoms with Crippen LogP contribution in [0.5, 0.6) is 0 Å². The molecule has 2 aromatic heterocycles. The van der Waals surface area contributed by atoms with Crippen molar-refractivity contribution in [3.8, 4) is 10.4 Å². The van der Waals surface area contributed by atoms with Gasteiger partial charge in [0, 0.05) is 10.4 Å². The summed E-state index contributed by atoms with van der Waals surface area (Å²) in [5.74, 6) is -0.379. The first-order valence-electron chi connectivity index (χ1n) is 8.53. The van der Waals surface area contributed by atoms with Crippen LogP contribution < -0.4 is 5.56 Å². The van der Waals surface area contributed by atoms with Gasteiger partial charge in [0.2, 0.25) is 0 Å². The molecule has 0 fully saturated rings. The normalized spacial score (nSPS) is 11.1. The van der Waals surface area contributed by atoms with Gasteiger partial charge in [0.05, 0.1) is 11.1 Å². The third-order valence-corrected chi connectivity index (χ3v) is 6.21. The highest BCUT2D eigenvalue weighted by molar-refractivity contribution is 7.99. The molecule has 4 nitrogen and oxygen atoms in total. The first-order valence-corrected chi connectivity index (χ1v) is 10.3. The summed E-state index contributed by atoms with van der Waals surface area (Å²) in [6, 6.07) is 15.9. The van der Waals surface area contributed by atoms with E-state index in [1.54, 1.807) is 6.92 Å². The Bertz CT molecular complexity index is 1230. The molecule has 7 heteroatoms. The van der Waals surface area contributed by atoms with E-state index in [1.165, 1.54) is 29.5 Å². The molecule has 0 aliphatic rings. The fraction of sp³-hybridized carbons (Fsp3) is 0.0952. The van der Waals surface area contributed by atoms with Crippen molar-refractivity contribution < 1.29 is 9.18 Å². The molecule has 0 aliphatic carbocycles. The van der Waals surface area contributed by atoms with Gasteiger partial charge < -0.3 is 4.98 Å². The second kappa shape index (κ2) is 7.69. The van der Waals surface area contributed by atoms with Crippen molar-refractivity contribution in [2.24, 2.45) is 0 Å². The van der Waals surface area contributed by atoms with E-state index in [1.807, 2.05) is 36.4 Å². The van der Waals surface area contributed by atoms with E-state index >= 15 is 0 Å². The molecule has 0 unspecified atom stereocenters. The topological polar surface area (TPSA) is 62.8 Å². The molecule has 0 saturated heterocycles. The molecule has 4 rings (SSSR count). The smallest absolute Gasteiger partial charge is 0.260 e. The van der Waals surface area contributed by atoms with E-state index in [0.29, 0.717) is 26.5 Å². The number of carbonyl (C=O) groups is 1. The van der Waals surface area contributed by atoms with Gasteiger partial charge in [-0.25, -0.2) is 9.37 Å². The molecule has 0 radical (unpaired) electrons. The first-order chi connectivity index (χ1) is 13.5. The number of thiophene rings is 1. The quantitative estimate of drug-likeness (QED) is 0.283. The number of aryl methyl sites for hydroxylation is 1. The molecule has 0 spiro atoms. The summed E-state index contributed by atoms with van der Waals surface area (Å²) in [6.07, 6.45) is 0. The van der Waals surface area contributed by atoms with Gasteiger partial charge >= 0.3 is 0 Å². The van der Waals surface area contributed by atoms with Crippen LogP contribution >= 0.6 is 23.1 Å². The number of carbonyl (C=O) groups excluding carboxylic acids is 1. The van der Waals surface area contributed by atoms with Gasteiger partial charge in [-0.05, 0) is 42.3 Å². The van der Waals surface area contributed by atoms with Crippen LogP contribution in [0.3, 0.4) is 0 Å². The summed E-state index contributed by atoms with van der Waals surface area (Å²) in [5.41, 5.74) is 1.67. The maximum absolute atomic E-state index is 13.4. The van der Waals surface area contributed by atoms with Crippen molar-refractivity contribution in [1.29, 1.82) is 0 Å². The second-order valence-corrected chi connectivity index (χ2v) is 8.24. The van der Waals surface area contributed by atoms with Crippen molar-refractivity contribution in [1.82, 2.24) is 9.97 Å². The lowest BCUT2D eigenvalue weighted by atomic mass is 10.1. The molecular weight excluding hydrogens is 395 g/mol. The number of Topliss-reactive ketones (excluding diaryl/α,β-unsaturated/α-hetero) is 1. The average molecular weight is 410 g/mol. The van der Waals surface area contributed by atoms with Crippen LogP contribution in [0.4, 0.5) is 4.39 Å². The number of benzene rings is 2. The van der Waals surface area contributed by atoms with Crippen LogP contribution in [0.2, 0.25) is 0 Å². The van der Waals surface area contributed by atoms with Crippen molar-refractivity contribution in [3.05, 3.63) is 81.9 Å². The third kappa shape index (κ3) is 3.76. The number of nitrogens with one attached hydrogen (secondary N) is 1. The third-order valence-electron chi connectivity index (χ3n) is 4.26. The Morgan fingerprint density at radius 2 is 1.96 bits per heavy atom. The van der Waals surface area contributed by atoms with Crippen molar-refractivity contribution in [2.75, 3.05) is 5.75 Å². The molecule has 28 heavy (non-hydrogen) atoms. The highest BCUT2D eigenvalue weighted by Gasteiger charge is 2.13. The van der Waals surface area contributed by atoms with Gasteiger partial charge in [-0.15, -0.1) is 11.3 Å². The number of nitrogens with zero attached hydrogens (tertiary/aromatic N) is 1. The molecule has 1 N–H and O–H groups in total. The number of thioether (sulfide) groups is 1. The maximum atomic E-state index is 13.4. The SMILES string of the molecule is Cc1cc(C(=O)CSc2nc3sc(-c4ccccc4)cc3c(=O)[nH]2)ccc1F. The van der Waals surface area contributed by atoms with Crippen molar-refractivity contribution in [2.45, 2.75) is 12.1 Å². The molecule has 0 saturated carbocycles. The number of aromatic amines is 1. The fourth-order valence-electron chi connectivity index (χ4n) is 2.76. The molecule has 2 heterocycles. The van der Waals surface area contributed by atoms with Crippen LogP contribution in [0.25, 0.3) is 20.7 Å². The van der Waals surface area contributed by atoms with Crippen LogP contribution in [-0.2, 0) is 0 Å². The fourth-order valence-corrected chi connectivity index (χ4v) is 4.61. The molecule has 4 aromatic rings. The van der Waals surface area contributed by atoms with Crippen molar-refractivity contribution >= 4 is 39.1 Å². The van der Waals surface area contributed by atoms with E-state index < -0.39 is 0 Å². The summed E-state index contributed by atoms with van der Waals surface area (Å²) >= 11 is 2.61. The van der Waals surface area contributed by atoms with E-state index in [9.17, 15) is 14.0 Å². The highest BCUT2D eigenvalue weighted by atomic mass is 32.2. The minimum atomic E-state index is -0.340. The summed E-state index contributed by atoms with van der Waals surface area (Å²) in [6.45, 7) is 1.62. The van der Waals surface area contributed by atoms with E-state index in [-0.39, 0.29) is 22.9 Å². The minimum absolute atomic E-state index is 0.108. The zero-order valence-electron chi connectivity index (χ0n) is 14.9. The number of halogens is 1. The lowest BCUT2D eigenvalue weighted by Gasteiger charge is -2.03. The lowest BCUT2D eigenvalue weighted by Crippen LogP contribution is -2.09. The number of hydrogen-bond donors (Lipinski definition) is 1. The van der Waals surface area contributed by atoms with E-state index in [2.05, 4.69) is 9.97 Å². The average Bonchev–Trinajstić information content (AvgIpc) is 3.14. The highest BCUT2D eigenvalue weighted by Crippen LogP contribution is 2.31. The van der Waals surface area contributed by atoms with Crippen LogP contribution in [0.1, 0.15) is 15.9 Å². The molecule has 0 aliphatic heterocycles. The predicted octanol–water partition coefficient (Wildman–Crippen LogP) is 5.07. The molecule has 2 aromatic carbocycles. The van der Waals surface area contributed by atoms with Gasteiger partial charge in [0.25, 0.3) is 5.56 Å². The maximum Gasteiger partial charge on any atom is 0.260 e. The summed E-state index contributed by atoms with van der Waals surface area (Å²) < 4.78 is 13.4. The summed E-state index contributed by atoms with van der Waals surface area (Å²) in [7, 11) is 0. The number of aromatic nitrogens is 2. The number of hydrogen-bond acceptors (Lipinski definition) is 5. The Morgan fingerprint density at radius 1 is 1.18 bits per heavy atom. The Balaban J connectivity index is 1.56. The molecular formula is C21H15FN2O2S2.